The van der Waals surface area contributed by atoms with Crippen LogP contribution in [0, 0.1) is 29.5 Å². The number of anilines is 3. The molecule has 4 unspecified atom stereocenters. The Labute approximate surface area is 706 Å². The van der Waals surface area contributed by atoms with Crippen LogP contribution in [0.2, 0.25) is 0 Å². The monoisotopic (exact) mass is 1860 g/mol. The van der Waals surface area contributed by atoms with Gasteiger partial charge in [0.05, 0.1) is 22.4 Å². The van der Waals surface area contributed by atoms with Crippen molar-refractivity contribution in [1.29, 1.82) is 0 Å². The number of allylic oxidation sites excluding steroid dienone is 2. The Balaban J connectivity index is 0.000000108. The molecule has 4 atom stereocenters. The van der Waals surface area contributed by atoms with E-state index in [1.165, 1.54) is 154 Å². The molecular weight excluding hydrogens is 1770 g/mol. The molecule has 8 aromatic carbocycles. The van der Waals surface area contributed by atoms with Gasteiger partial charge in [-0.05, 0) is 254 Å². The normalized spacial score (nSPS) is 17.2. The van der Waals surface area contributed by atoms with E-state index in [0.717, 1.165) is 94.4 Å². The molecule has 11 heteroatoms. The van der Waals surface area contributed by atoms with E-state index in [0.29, 0.717) is 5.41 Å². The smallest absolute Gasteiger partial charge is 0.512 e. The Bertz CT molecular complexity index is 5790. The maximum absolute atomic E-state index is 10.0. The number of ketones is 1. The molecule has 9 nitrogen and oxygen atoms in total. The van der Waals surface area contributed by atoms with Gasteiger partial charge in [0.2, 0.25) is 17.1 Å². The second-order valence-electron chi connectivity index (χ2n) is 32.6. The van der Waals surface area contributed by atoms with Gasteiger partial charge >= 0.3 is 21.1 Å². The first-order chi connectivity index (χ1) is 55.4. The van der Waals surface area contributed by atoms with Crippen molar-refractivity contribution in [3.63, 3.8) is 0 Å². The van der Waals surface area contributed by atoms with E-state index in [1.54, 1.807) is 55.6 Å². The van der Waals surface area contributed by atoms with Crippen molar-refractivity contribution in [2.45, 2.75) is 149 Å². The first-order valence-corrected chi connectivity index (χ1v) is 40.8. The van der Waals surface area contributed by atoms with Gasteiger partial charge in [0.1, 0.15) is 11.6 Å². The van der Waals surface area contributed by atoms with Crippen LogP contribution in [-0.4, -0.2) is 25.8 Å². The summed E-state index contributed by atoms with van der Waals surface area (Å²) >= 11 is 0. The third-order valence-electron chi connectivity index (χ3n) is 25.0. The molecule has 0 amide bonds. The number of aromatic nitrogens is 6. The second-order valence-corrected chi connectivity index (χ2v) is 32.6. The molecule has 2 fully saturated rings. The predicted molar refractivity (Wildman–Crippen MR) is 453 cm³/mol. The number of rotatable bonds is 7. The van der Waals surface area contributed by atoms with Gasteiger partial charge in [-0.3, -0.25) is 19.7 Å². The van der Waals surface area contributed by atoms with E-state index in [2.05, 4.69) is 177 Å². The van der Waals surface area contributed by atoms with Crippen molar-refractivity contribution in [2.24, 2.45) is 11.3 Å². The summed E-state index contributed by atoms with van der Waals surface area (Å²) in [5.41, 5.74) is 33.7. The summed E-state index contributed by atoms with van der Waals surface area (Å²) in [6, 6.07) is 96.1. The van der Waals surface area contributed by atoms with Gasteiger partial charge in [-0.1, -0.05) is 98.8 Å². The van der Waals surface area contributed by atoms with E-state index in [9.17, 15) is 4.79 Å². The Morgan fingerprint density at radius 3 is 1.62 bits per heavy atom. The largest absolute Gasteiger partial charge is 2.00 e. The fraction of sp³-hybridized carbons (Fsp3) is 0.240. The molecule has 6 aromatic heterocycles. The molecule has 0 radical (unpaired) electrons. The number of carbonyl (C=O) groups excluding carboxylic acids is 1. The third kappa shape index (κ3) is 16.3. The van der Waals surface area contributed by atoms with Crippen LogP contribution in [0.5, 0.6) is 0 Å². The molecule has 1 N–H and O–H groups in total. The quantitative estimate of drug-likeness (QED) is 0.0740. The standard InChI is InChI=1S/C28H19N3.C23H26N.C21H22N.C15H10N.C12H10N.C5H8O2.2Pt/c1-4-12-22(13-5-1)25-18-10-20-27(29-25)31(24-16-8-3-9-17-24)28-21-11-19-26(30-28)23-14-6-2-7-15-23;1-23(2)18-8-16-10-22-19-9-15-6-4-3-5-14(15)7-17(19)12-24(22)13-20(16)21(23)11-18;1-2-4-14-9-19-17(7-13(14)3-1)11-22-12-20-16-6-5-15(8-16)18(20)10-21(19)22;1-2-7-13(8-3-1)15-14-9-5-4-6-12(14)10-11-16-15;1-2-6-11-10(5-1)9-13-8-4-3-7-12(11)13;1-4(6)3-5(2)7;;/h1-12,14,16-21H;7,9-10,13,18,21H,3-6,8,11-12H2,1-2H3;7,9-10,12,15-16H,1-6,8,11H2;1-7,9-11H;1-8H,9H2;3,6H,1-2H3;;/q-2;2*+1;-1;+1;;;+2/b;;;;;4-3-;;. The molecule has 0 spiro atoms. The molecule has 4 bridgehead atoms. The van der Waals surface area contributed by atoms with E-state index in [1.807, 2.05) is 152 Å². The van der Waals surface area contributed by atoms with Crippen LogP contribution in [0.3, 0.4) is 0 Å². The molecule has 115 heavy (non-hydrogen) atoms. The van der Waals surface area contributed by atoms with Crippen molar-refractivity contribution in [1.82, 2.24) is 15.0 Å². The number of carbonyl (C=O) groups is 1. The fourth-order valence-electron chi connectivity index (χ4n) is 19.2. The first kappa shape index (κ1) is 78.2. The number of aliphatic hydroxyl groups excluding tert-OH is 1. The van der Waals surface area contributed by atoms with Gasteiger partial charge in [0.25, 0.3) is 0 Å². The molecule has 576 valence electrons. The minimum Gasteiger partial charge on any atom is -0.512 e. The Kier molecular flexibility index (Phi) is 23.4. The minimum atomic E-state index is -0.125. The van der Waals surface area contributed by atoms with Gasteiger partial charge in [-0.25, -0.2) is 0 Å². The van der Waals surface area contributed by atoms with Crippen LogP contribution < -0.4 is 18.6 Å². The van der Waals surface area contributed by atoms with E-state index < -0.39 is 0 Å². The molecule has 24 rings (SSSR count). The number of benzene rings is 8. The van der Waals surface area contributed by atoms with Gasteiger partial charge in [0.15, 0.2) is 44.0 Å². The van der Waals surface area contributed by atoms with Gasteiger partial charge in [-0.15, -0.1) is 108 Å². The summed E-state index contributed by atoms with van der Waals surface area (Å²) in [5, 5.41) is 10.7. The summed E-state index contributed by atoms with van der Waals surface area (Å²) in [5.74, 6) is 4.96. The van der Waals surface area contributed by atoms with Crippen LogP contribution in [0.1, 0.15) is 158 Å². The summed E-state index contributed by atoms with van der Waals surface area (Å²) < 4.78 is 7.37. The zero-order valence-corrected chi connectivity index (χ0v) is 70.3. The Hall–Kier alpha value is -10.7. The van der Waals surface area contributed by atoms with Crippen LogP contribution in [0.15, 0.2) is 285 Å². The summed E-state index contributed by atoms with van der Waals surface area (Å²) in [4.78, 5) is 26.4. The third-order valence-corrected chi connectivity index (χ3v) is 25.0. The summed E-state index contributed by atoms with van der Waals surface area (Å²) in [6.45, 7) is 11.0. The number of aliphatic hydroxyl groups is 1. The number of fused-ring (bicyclic) bond motifs is 17. The zero-order chi connectivity index (χ0) is 76.5. The molecular formula is C104H95N7O2Pt2+2. The molecule has 3 aliphatic heterocycles. The topological polar surface area (TPSA) is 90.8 Å². The molecule has 0 saturated heterocycles. The number of nitrogens with zero attached hydrogens (tertiary/aromatic N) is 7. The SMILES string of the molecule is CC(=O)/C=C(/C)O.CC1(C)C2Cc3cc4[n+](cc3C1C2)Cc1cc2c(cc1-4)CCCC2.[Pt+2].[Pt].[c-]1ccccc1-c1cccc(N(c2ccccc2)c2cccc(-c3[c-]cccc3)n2)n1.[c-]1ccccc1-c1nccc2ccccc12.c1c2c(cc3c1C[n+]1cc4c(cc1-3)C1CCC4C1)CCCC2.c1ccc2c(c1)C[n+]1ccccc1-2. The summed E-state index contributed by atoms with van der Waals surface area (Å²) in [6.07, 6.45) is 27.8. The average Bonchev–Trinajstić information content (AvgIpc) is 1.70. The minimum absolute atomic E-state index is 0. The Morgan fingerprint density at radius 1 is 0.487 bits per heavy atom. The van der Waals surface area contributed by atoms with Crippen LogP contribution in [0.25, 0.3) is 78.3 Å². The number of aryl methyl sites for hydroxylation is 4. The van der Waals surface area contributed by atoms with Gasteiger partial charge in [0, 0.05) is 91.1 Å². The van der Waals surface area contributed by atoms with Crippen molar-refractivity contribution in [3.8, 4) is 67.5 Å². The average molecular weight is 1870 g/mol. The van der Waals surface area contributed by atoms with Crippen LogP contribution in [-0.2, 0) is 98.7 Å². The second kappa shape index (κ2) is 34.4. The molecule has 9 heterocycles. The number of para-hydroxylation sites is 1. The molecule has 2 saturated carbocycles. The van der Waals surface area contributed by atoms with Crippen LogP contribution >= 0.6 is 0 Å². The van der Waals surface area contributed by atoms with E-state index in [-0.39, 0.29) is 53.7 Å². The van der Waals surface area contributed by atoms with Crippen molar-refractivity contribution < 1.29 is 65.7 Å². The number of hydrogen-bond acceptors (Lipinski definition) is 6. The Morgan fingerprint density at radius 2 is 1.03 bits per heavy atom. The first-order valence-electron chi connectivity index (χ1n) is 40.8. The van der Waals surface area contributed by atoms with E-state index >= 15 is 0 Å². The van der Waals surface area contributed by atoms with Crippen LogP contribution in [0.4, 0.5) is 17.3 Å². The maximum atomic E-state index is 10.0. The van der Waals surface area contributed by atoms with Crippen molar-refractivity contribution in [2.75, 3.05) is 4.90 Å². The fourth-order valence-corrected chi connectivity index (χ4v) is 19.2. The van der Waals surface area contributed by atoms with E-state index in [4.69, 9.17) is 15.1 Å². The predicted octanol–water partition coefficient (Wildman–Crippen LogP) is 22.4. The van der Waals surface area contributed by atoms with Crippen molar-refractivity contribution >= 4 is 33.9 Å². The number of hydrogen-bond donors (Lipinski definition) is 1. The van der Waals surface area contributed by atoms with Gasteiger partial charge in [-0.2, -0.15) is 13.7 Å². The number of pyridine rings is 6. The zero-order valence-electron chi connectivity index (χ0n) is 65.8. The summed E-state index contributed by atoms with van der Waals surface area (Å²) in [7, 11) is 0. The maximum Gasteiger partial charge on any atom is 2.00 e. The van der Waals surface area contributed by atoms with Gasteiger partial charge < -0.3 is 10.1 Å². The molecule has 7 aliphatic carbocycles. The van der Waals surface area contributed by atoms with Crippen molar-refractivity contribution in [3.05, 3.63) is 365 Å². The molecule has 14 aromatic rings. The molecule has 10 aliphatic rings.